The molecule has 10 heteroatoms. The van der Waals surface area contributed by atoms with Gasteiger partial charge in [0.05, 0.1) is 27.3 Å². The summed E-state index contributed by atoms with van der Waals surface area (Å²) in [4.78, 5) is 45.7. The van der Waals surface area contributed by atoms with E-state index in [9.17, 15) is 19.5 Å². The van der Waals surface area contributed by atoms with Gasteiger partial charge in [0.25, 0.3) is 11.5 Å². The summed E-state index contributed by atoms with van der Waals surface area (Å²) in [5, 5.41) is 10.9. The number of hydrogen-bond acceptors (Lipinski definition) is 5. The first-order chi connectivity index (χ1) is 17.1. The highest BCUT2D eigenvalue weighted by atomic mass is 35.5. The van der Waals surface area contributed by atoms with E-state index in [0.717, 1.165) is 24.0 Å². The molecule has 4 rings (SSSR count). The summed E-state index contributed by atoms with van der Waals surface area (Å²) in [5.74, 6) is -0.303. The molecule has 0 radical (unpaired) electrons. The highest BCUT2D eigenvalue weighted by Gasteiger charge is 2.26. The second-order valence-electron chi connectivity index (χ2n) is 9.23. The third-order valence-electron chi connectivity index (χ3n) is 6.62. The number of rotatable bonds is 6. The number of amides is 2. The molecule has 36 heavy (non-hydrogen) atoms. The number of aliphatic hydroxyl groups is 1. The summed E-state index contributed by atoms with van der Waals surface area (Å²) in [6, 6.07) is 10.8. The summed E-state index contributed by atoms with van der Waals surface area (Å²) in [5.41, 5.74) is 2.12. The Kier molecular flexibility index (Phi) is 7.97. The van der Waals surface area contributed by atoms with Crippen molar-refractivity contribution in [3.05, 3.63) is 74.3 Å². The molecule has 8 nitrogen and oxygen atoms in total. The van der Waals surface area contributed by atoms with Crippen LogP contribution in [0.15, 0.2) is 47.5 Å². The van der Waals surface area contributed by atoms with E-state index in [-0.39, 0.29) is 29.8 Å². The maximum absolute atomic E-state index is 13.2. The van der Waals surface area contributed by atoms with Crippen molar-refractivity contribution >= 4 is 45.9 Å². The minimum atomic E-state index is -1.00. The Morgan fingerprint density at radius 1 is 1.14 bits per heavy atom. The first kappa shape index (κ1) is 26.1. The lowest BCUT2D eigenvalue weighted by molar-refractivity contribution is -0.140. The molecule has 1 aromatic heterocycles. The van der Waals surface area contributed by atoms with E-state index in [1.807, 2.05) is 18.2 Å². The molecule has 3 aromatic rings. The number of halogens is 2. The lowest BCUT2D eigenvalue weighted by Crippen LogP contribution is -2.42. The van der Waals surface area contributed by atoms with E-state index in [2.05, 4.69) is 4.98 Å². The van der Waals surface area contributed by atoms with E-state index in [1.54, 1.807) is 30.1 Å². The second-order valence-corrected chi connectivity index (χ2v) is 10.0. The lowest BCUT2D eigenvalue weighted by Gasteiger charge is -2.33. The van der Waals surface area contributed by atoms with Gasteiger partial charge in [-0.05, 0) is 61.1 Å². The van der Waals surface area contributed by atoms with Crippen LogP contribution in [0.25, 0.3) is 10.9 Å². The van der Waals surface area contributed by atoms with Crippen LogP contribution in [-0.4, -0.2) is 62.5 Å². The van der Waals surface area contributed by atoms with Crippen LogP contribution in [0.4, 0.5) is 0 Å². The second kappa shape index (κ2) is 11.0. The van der Waals surface area contributed by atoms with Crippen LogP contribution in [-0.2, 0) is 22.7 Å². The van der Waals surface area contributed by atoms with Gasteiger partial charge in [0.15, 0.2) is 0 Å². The fourth-order valence-corrected chi connectivity index (χ4v) is 4.83. The zero-order chi connectivity index (χ0) is 26.0. The van der Waals surface area contributed by atoms with Gasteiger partial charge in [-0.1, -0.05) is 35.3 Å². The Balaban J connectivity index is 1.47. The predicted molar refractivity (Wildman–Crippen MR) is 139 cm³/mol. The standard InChI is InChI=1S/C26H28Cl2N4O4/c1-16(33)25(35)31-9-7-18(8-10-31)19-4-6-23-20(12-19)26(36)32(15-29-23)14-24(34)30(2)13-17-3-5-21(27)22(28)11-17/h3-6,11-12,15-16,18,33H,7-10,13-14H2,1-2H3/t16-/m0/s1. The van der Waals surface area contributed by atoms with Gasteiger partial charge < -0.3 is 14.9 Å². The van der Waals surface area contributed by atoms with Crippen molar-refractivity contribution in [1.82, 2.24) is 19.4 Å². The van der Waals surface area contributed by atoms with Crippen LogP contribution in [0.5, 0.6) is 0 Å². The van der Waals surface area contributed by atoms with Gasteiger partial charge in [-0.3, -0.25) is 19.0 Å². The molecule has 0 aliphatic carbocycles. The molecule has 190 valence electrons. The van der Waals surface area contributed by atoms with Crippen molar-refractivity contribution in [3.8, 4) is 0 Å². The third-order valence-corrected chi connectivity index (χ3v) is 7.36. The zero-order valence-electron chi connectivity index (χ0n) is 20.2. The van der Waals surface area contributed by atoms with Crippen molar-refractivity contribution in [2.45, 2.75) is 44.9 Å². The third kappa shape index (κ3) is 5.72. The molecule has 0 bridgehead atoms. The number of nitrogens with zero attached hydrogens (tertiary/aromatic N) is 4. The van der Waals surface area contributed by atoms with E-state index >= 15 is 0 Å². The number of likely N-dealkylation sites (tertiary alicyclic amines) is 1. The molecule has 1 saturated heterocycles. The molecule has 1 fully saturated rings. The molecule has 1 atom stereocenters. The van der Waals surface area contributed by atoms with Gasteiger partial charge in [-0.15, -0.1) is 0 Å². The average molecular weight is 531 g/mol. The first-order valence-electron chi connectivity index (χ1n) is 11.8. The predicted octanol–water partition coefficient (Wildman–Crippen LogP) is 3.45. The Morgan fingerprint density at radius 2 is 1.86 bits per heavy atom. The molecule has 1 aliphatic rings. The molecule has 1 N–H and O–H groups in total. The van der Waals surface area contributed by atoms with Crippen LogP contribution in [0.1, 0.15) is 36.8 Å². The molecule has 2 aromatic carbocycles. The van der Waals surface area contributed by atoms with Crippen molar-refractivity contribution in [1.29, 1.82) is 0 Å². The van der Waals surface area contributed by atoms with Gasteiger partial charge in [0, 0.05) is 26.7 Å². The van der Waals surface area contributed by atoms with Crippen molar-refractivity contribution in [2.75, 3.05) is 20.1 Å². The van der Waals surface area contributed by atoms with Crippen molar-refractivity contribution in [3.63, 3.8) is 0 Å². The number of likely N-dealkylation sites (N-methyl/N-ethyl adjacent to an activating group) is 1. The summed E-state index contributed by atoms with van der Waals surface area (Å²) >= 11 is 12.0. The molecule has 0 unspecified atom stereocenters. The number of aliphatic hydroxyl groups excluding tert-OH is 1. The van der Waals surface area contributed by atoms with Crippen LogP contribution >= 0.6 is 23.2 Å². The minimum absolute atomic E-state index is 0.135. The summed E-state index contributed by atoms with van der Waals surface area (Å²) in [6.07, 6.45) is 1.89. The van der Waals surface area contributed by atoms with E-state index in [4.69, 9.17) is 23.2 Å². The fourth-order valence-electron chi connectivity index (χ4n) is 4.51. The summed E-state index contributed by atoms with van der Waals surface area (Å²) in [7, 11) is 1.66. The summed E-state index contributed by atoms with van der Waals surface area (Å²) < 4.78 is 1.32. The number of piperidine rings is 1. The molecule has 0 saturated carbocycles. The largest absolute Gasteiger partial charge is 0.384 e. The summed E-state index contributed by atoms with van der Waals surface area (Å²) in [6.45, 7) is 2.79. The highest BCUT2D eigenvalue weighted by molar-refractivity contribution is 6.42. The Hall–Kier alpha value is -2.94. The fraction of sp³-hybridized carbons (Fsp3) is 0.385. The van der Waals surface area contributed by atoms with Gasteiger partial charge in [0.2, 0.25) is 5.91 Å². The van der Waals surface area contributed by atoms with Gasteiger partial charge in [-0.25, -0.2) is 4.98 Å². The monoisotopic (exact) mass is 530 g/mol. The van der Waals surface area contributed by atoms with E-state index in [1.165, 1.54) is 22.7 Å². The lowest BCUT2D eigenvalue weighted by atomic mass is 9.88. The number of hydrogen-bond donors (Lipinski definition) is 1. The van der Waals surface area contributed by atoms with Gasteiger partial charge in [-0.2, -0.15) is 0 Å². The number of fused-ring (bicyclic) bond motifs is 1. The van der Waals surface area contributed by atoms with Gasteiger partial charge in [0.1, 0.15) is 12.6 Å². The minimum Gasteiger partial charge on any atom is -0.384 e. The zero-order valence-corrected chi connectivity index (χ0v) is 21.7. The molecular weight excluding hydrogens is 503 g/mol. The topological polar surface area (TPSA) is 95.7 Å². The maximum Gasteiger partial charge on any atom is 0.261 e. The normalized spacial score (nSPS) is 15.2. The first-order valence-corrected chi connectivity index (χ1v) is 12.5. The maximum atomic E-state index is 13.2. The van der Waals surface area contributed by atoms with Crippen LogP contribution in [0.2, 0.25) is 10.0 Å². The molecule has 2 amide bonds. The quantitative estimate of drug-likeness (QED) is 0.526. The van der Waals surface area contributed by atoms with Crippen molar-refractivity contribution < 1.29 is 14.7 Å². The number of benzene rings is 2. The Labute approximate surface area is 219 Å². The number of carbonyl (C=O) groups is 2. The van der Waals surface area contributed by atoms with Crippen LogP contribution < -0.4 is 5.56 Å². The Morgan fingerprint density at radius 3 is 2.53 bits per heavy atom. The molecule has 2 heterocycles. The SMILES string of the molecule is C[C@H](O)C(=O)N1CCC(c2ccc3ncn(CC(=O)N(C)Cc4ccc(Cl)c(Cl)c4)c(=O)c3c2)CC1. The van der Waals surface area contributed by atoms with Gasteiger partial charge >= 0.3 is 0 Å². The highest BCUT2D eigenvalue weighted by Crippen LogP contribution is 2.29. The Bertz CT molecular complexity index is 1350. The average Bonchev–Trinajstić information content (AvgIpc) is 2.87. The number of carbonyl (C=O) groups excluding carboxylic acids is 2. The molecule has 1 aliphatic heterocycles. The van der Waals surface area contributed by atoms with E-state index < -0.39 is 6.10 Å². The smallest absolute Gasteiger partial charge is 0.261 e. The number of aromatic nitrogens is 2. The van der Waals surface area contributed by atoms with E-state index in [0.29, 0.717) is 40.6 Å². The molecule has 0 spiro atoms. The molecular formula is C26H28Cl2N4O4. The van der Waals surface area contributed by atoms with Crippen LogP contribution in [0.3, 0.4) is 0 Å². The van der Waals surface area contributed by atoms with Crippen LogP contribution in [0, 0.1) is 0 Å². The van der Waals surface area contributed by atoms with Crippen molar-refractivity contribution in [2.24, 2.45) is 0 Å².